The van der Waals surface area contributed by atoms with Crippen LogP contribution < -0.4 is 5.43 Å². The Morgan fingerprint density at radius 1 is 0.960 bits per heavy atom. The van der Waals surface area contributed by atoms with Crippen molar-refractivity contribution in [1.29, 1.82) is 0 Å². The molecule has 0 saturated heterocycles. The van der Waals surface area contributed by atoms with E-state index in [0.717, 1.165) is 16.3 Å². The minimum absolute atomic E-state index is 0.0260. The molecule has 0 unspecified atom stereocenters. The van der Waals surface area contributed by atoms with Crippen molar-refractivity contribution in [2.24, 2.45) is 5.10 Å². The smallest absolute Gasteiger partial charge is 0.267 e. The Labute approximate surface area is 143 Å². The predicted octanol–water partition coefficient (Wildman–Crippen LogP) is 3.90. The summed E-state index contributed by atoms with van der Waals surface area (Å²) in [7, 11) is 0. The Bertz CT molecular complexity index is 991. The molecule has 0 saturated carbocycles. The molecule has 3 rings (SSSR count). The van der Waals surface area contributed by atoms with Crippen molar-refractivity contribution >= 4 is 28.1 Å². The third-order valence-electron chi connectivity index (χ3n) is 3.85. The van der Waals surface area contributed by atoms with Crippen molar-refractivity contribution in [1.82, 2.24) is 5.43 Å². The van der Waals surface area contributed by atoms with Crippen LogP contribution >= 0.6 is 0 Å². The van der Waals surface area contributed by atoms with Gasteiger partial charge in [0.15, 0.2) is 0 Å². The number of nitro benzene ring substituents is 1. The molecule has 124 valence electrons. The monoisotopic (exact) mass is 333 g/mol. The molecule has 0 heterocycles. The van der Waals surface area contributed by atoms with E-state index < -0.39 is 10.8 Å². The summed E-state index contributed by atoms with van der Waals surface area (Å²) < 4.78 is 0. The van der Waals surface area contributed by atoms with Gasteiger partial charge >= 0.3 is 0 Å². The third kappa shape index (κ3) is 3.37. The molecule has 0 bridgehead atoms. The molecule has 0 radical (unpaired) electrons. The molecule has 0 aliphatic heterocycles. The Morgan fingerprint density at radius 3 is 2.40 bits per heavy atom. The van der Waals surface area contributed by atoms with Crippen LogP contribution in [0.4, 0.5) is 5.69 Å². The number of rotatable bonds is 4. The number of hydrogen-bond donors (Lipinski definition) is 1. The first-order chi connectivity index (χ1) is 12.1. The lowest BCUT2D eigenvalue weighted by Crippen LogP contribution is -2.20. The van der Waals surface area contributed by atoms with Crippen molar-refractivity contribution in [3.63, 3.8) is 0 Å². The zero-order valence-electron chi connectivity index (χ0n) is 13.5. The Morgan fingerprint density at radius 2 is 1.60 bits per heavy atom. The van der Waals surface area contributed by atoms with E-state index in [1.807, 2.05) is 42.5 Å². The number of hydrazone groups is 1. The van der Waals surface area contributed by atoms with Crippen LogP contribution in [0.3, 0.4) is 0 Å². The minimum atomic E-state index is -0.619. The largest absolute Gasteiger partial charge is 0.282 e. The summed E-state index contributed by atoms with van der Waals surface area (Å²) >= 11 is 0. The quantitative estimate of drug-likeness (QED) is 0.446. The molecular formula is C19H15N3O3. The second kappa shape index (κ2) is 6.92. The first-order valence-electron chi connectivity index (χ1n) is 7.64. The molecule has 0 aliphatic carbocycles. The number of nitrogens with one attached hydrogen (secondary N) is 1. The first kappa shape index (κ1) is 16.3. The Hall–Kier alpha value is -3.54. The summed E-state index contributed by atoms with van der Waals surface area (Å²) in [6.45, 7) is 1.78. The summed E-state index contributed by atoms with van der Waals surface area (Å²) in [5, 5.41) is 17.2. The molecule has 1 amide bonds. The van der Waals surface area contributed by atoms with E-state index in [4.69, 9.17) is 0 Å². The lowest BCUT2D eigenvalue weighted by atomic mass is 10.0. The van der Waals surface area contributed by atoms with Crippen LogP contribution in [-0.4, -0.2) is 16.5 Å². The number of hydrogen-bond acceptors (Lipinski definition) is 4. The van der Waals surface area contributed by atoms with Crippen LogP contribution in [0.25, 0.3) is 10.8 Å². The van der Waals surface area contributed by atoms with Crippen molar-refractivity contribution in [3.8, 4) is 0 Å². The van der Waals surface area contributed by atoms with Crippen LogP contribution in [0.2, 0.25) is 0 Å². The average Bonchev–Trinajstić information content (AvgIpc) is 2.65. The molecular weight excluding hydrogens is 318 g/mol. The van der Waals surface area contributed by atoms with Gasteiger partial charge in [-0.1, -0.05) is 54.6 Å². The van der Waals surface area contributed by atoms with Gasteiger partial charge in [-0.25, -0.2) is 5.43 Å². The molecule has 25 heavy (non-hydrogen) atoms. The van der Waals surface area contributed by atoms with Crippen LogP contribution in [-0.2, 0) is 0 Å². The summed E-state index contributed by atoms with van der Waals surface area (Å²) in [5.74, 6) is -0.619. The van der Waals surface area contributed by atoms with E-state index in [2.05, 4.69) is 10.5 Å². The maximum atomic E-state index is 12.2. The van der Waals surface area contributed by atoms with Gasteiger partial charge < -0.3 is 0 Å². The molecule has 0 aromatic heterocycles. The van der Waals surface area contributed by atoms with E-state index in [1.54, 1.807) is 13.0 Å². The summed E-state index contributed by atoms with van der Waals surface area (Å²) in [6, 6.07) is 19.5. The van der Waals surface area contributed by atoms with Gasteiger partial charge in [-0.15, -0.1) is 0 Å². The van der Waals surface area contributed by atoms with E-state index in [0.29, 0.717) is 5.71 Å². The number of amides is 1. The topological polar surface area (TPSA) is 84.6 Å². The van der Waals surface area contributed by atoms with Crippen LogP contribution in [0, 0.1) is 10.1 Å². The van der Waals surface area contributed by atoms with Gasteiger partial charge in [-0.05, 0) is 23.8 Å². The van der Waals surface area contributed by atoms with Gasteiger partial charge in [0.1, 0.15) is 5.56 Å². The first-order valence-corrected chi connectivity index (χ1v) is 7.64. The zero-order chi connectivity index (χ0) is 17.8. The number of benzene rings is 3. The standard InChI is InChI=1S/C19H15N3O3/c1-13(15-11-6-8-14-7-2-3-9-16(14)15)20-21-19(23)17-10-4-5-12-18(17)22(24)25/h2-12H,1H3,(H,21,23)/b20-13-. The van der Waals surface area contributed by atoms with E-state index in [1.165, 1.54) is 18.2 Å². The zero-order valence-corrected chi connectivity index (χ0v) is 13.5. The fourth-order valence-electron chi connectivity index (χ4n) is 2.62. The lowest BCUT2D eigenvalue weighted by molar-refractivity contribution is -0.385. The van der Waals surface area contributed by atoms with Gasteiger partial charge in [0.25, 0.3) is 11.6 Å². The molecule has 0 atom stereocenters. The van der Waals surface area contributed by atoms with Gasteiger partial charge in [0.2, 0.25) is 0 Å². The normalized spacial score (nSPS) is 11.3. The second-order valence-electron chi connectivity index (χ2n) is 5.44. The highest BCUT2D eigenvalue weighted by atomic mass is 16.6. The van der Waals surface area contributed by atoms with Crippen molar-refractivity contribution in [2.45, 2.75) is 6.92 Å². The van der Waals surface area contributed by atoms with Gasteiger partial charge in [-0.2, -0.15) is 5.10 Å². The highest BCUT2D eigenvalue weighted by molar-refractivity contribution is 6.10. The van der Waals surface area contributed by atoms with Crippen molar-refractivity contribution in [3.05, 3.63) is 88.0 Å². The number of para-hydroxylation sites is 1. The maximum absolute atomic E-state index is 12.2. The van der Waals surface area contributed by atoms with Crippen LogP contribution in [0.5, 0.6) is 0 Å². The summed E-state index contributed by atoms with van der Waals surface area (Å²) in [5.41, 5.74) is 3.63. The Kier molecular flexibility index (Phi) is 4.52. The average molecular weight is 333 g/mol. The molecule has 0 spiro atoms. The molecule has 6 nitrogen and oxygen atoms in total. The van der Waals surface area contributed by atoms with Gasteiger partial charge in [-0.3, -0.25) is 14.9 Å². The SMILES string of the molecule is C/C(=N/NC(=O)c1ccccc1[N+](=O)[O-])c1cccc2ccccc12. The van der Waals surface area contributed by atoms with E-state index >= 15 is 0 Å². The molecule has 0 fully saturated rings. The fourth-order valence-corrected chi connectivity index (χ4v) is 2.62. The highest BCUT2D eigenvalue weighted by Gasteiger charge is 2.18. The second-order valence-corrected chi connectivity index (χ2v) is 5.44. The van der Waals surface area contributed by atoms with Gasteiger partial charge in [0.05, 0.1) is 10.6 Å². The molecule has 0 aliphatic rings. The van der Waals surface area contributed by atoms with E-state index in [-0.39, 0.29) is 11.3 Å². The number of nitrogens with zero attached hydrogens (tertiary/aromatic N) is 2. The van der Waals surface area contributed by atoms with Crippen molar-refractivity contribution < 1.29 is 9.72 Å². The number of carbonyl (C=O) groups is 1. The maximum Gasteiger partial charge on any atom is 0.282 e. The molecule has 3 aromatic rings. The predicted molar refractivity (Wildman–Crippen MR) is 96.7 cm³/mol. The minimum Gasteiger partial charge on any atom is -0.267 e. The third-order valence-corrected chi connectivity index (χ3v) is 3.85. The molecule has 1 N–H and O–H groups in total. The number of fused-ring (bicyclic) bond motifs is 1. The van der Waals surface area contributed by atoms with E-state index in [9.17, 15) is 14.9 Å². The Balaban J connectivity index is 1.89. The molecule has 3 aromatic carbocycles. The fraction of sp³-hybridized carbons (Fsp3) is 0.0526. The van der Waals surface area contributed by atoms with Crippen molar-refractivity contribution in [2.75, 3.05) is 0 Å². The van der Waals surface area contributed by atoms with Crippen LogP contribution in [0.15, 0.2) is 71.8 Å². The molecule has 6 heteroatoms. The van der Waals surface area contributed by atoms with Gasteiger partial charge in [0, 0.05) is 11.6 Å². The summed E-state index contributed by atoms with van der Waals surface area (Å²) in [4.78, 5) is 22.7. The number of carbonyl (C=O) groups excluding carboxylic acids is 1. The van der Waals surface area contributed by atoms with Crippen LogP contribution in [0.1, 0.15) is 22.8 Å². The summed E-state index contributed by atoms with van der Waals surface area (Å²) in [6.07, 6.45) is 0. The highest BCUT2D eigenvalue weighted by Crippen LogP contribution is 2.20. The lowest BCUT2D eigenvalue weighted by Gasteiger charge is -2.07. The number of nitro groups is 1.